The molecule has 0 saturated carbocycles. The molecule has 12 heavy (non-hydrogen) atoms. The zero-order valence-electron chi connectivity index (χ0n) is 6.03. The Labute approximate surface area is 73.0 Å². The van der Waals surface area contributed by atoms with Gasteiger partial charge in [-0.25, -0.2) is 13.2 Å². The van der Waals surface area contributed by atoms with Crippen molar-refractivity contribution in [3.05, 3.63) is 35.1 Å². The molecule has 66 valence electrons. The second-order valence-corrected chi connectivity index (χ2v) is 2.54. The van der Waals surface area contributed by atoms with Crippen molar-refractivity contribution in [2.24, 2.45) is 0 Å². The minimum absolute atomic E-state index is 0.0278. The SMILES string of the molecule is Fc1ccc(CCl)c(C(F)F)c1. The molecule has 1 aromatic carbocycles. The number of hydrogen-bond acceptors (Lipinski definition) is 0. The van der Waals surface area contributed by atoms with Gasteiger partial charge in [0.15, 0.2) is 0 Å². The summed E-state index contributed by atoms with van der Waals surface area (Å²) in [5.41, 5.74) is -0.0573. The van der Waals surface area contributed by atoms with Crippen LogP contribution in [-0.4, -0.2) is 0 Å². The van der Waals surface area contributed by atoms with Crippen LogP contribution in [-0.2, 0) is 5.88 Å². The Kier molecular flexibility index (Phi) is 2.98. The van der Waals surface area contributed by atoms with Crippen LogP contribution < -0.4 is 0 Å². The molecule has 0 spiro atoms. The van der Waals surface area contributed by atoms with Crippen molar-refractivity contribution in [2.45, 2.75) is 12.3 Å². The molecule has 0 atom stereocenters. The van der Waals surface area contributed by atoms with Gasteiger partial charge >= 0.3 is 0 Å². The maximum atomic E-state index is 12.5. The van der Waals surface area contributed by atoms with Crippen molar-refractivity contribution >= 4 is 11.6 Å². The summed E-state index contributed by atoms with van der Waals surface area (Å²) in [6.07, 6.45) is -2.67. The van der Waals surface area contributed by atoms with Crippen LogP contribution in [0.1, 0.15) is 17.6 Å². The zero-order valence-corrected chi connectivity index (χ0v) is 6.78. The molecular weight excluding hydrogens is 189 g/mol. The maximum absolute atomic E-state index is 12.5. The molecule has 0 radical (unpaired) electrons. The van der Waals surface area contributed by atoms with Crippen molar-refractivity contribution in [2.75, 3.05) is 0 Å². The Bertz CT molecular complexity index is 273. The van der Waals surface area contributed by atoms with Gasteiger partial charge in [-0.2, -0.15) is 0 Å². The van der Waals surface area contributed by atoms with Crippen LogP contribution in [0.15, 0.2) is 18.2 Å². The first-order valence-electron chi connectivity index (χ1n) is 3.27. The zero-order chi connectivity index (χ0) is 9.14. The van der Waals surface area contributed by atoms with E-state index in [2.05, 4.69) is 0 Å². The molecule has 0 saturated heterocycles. The summed E-state index contributed by atoms with van der Waals surface area (Å²) in [5, 5.41) is 0. The summed E-state index contributed by atoms with van der Waals surface area (Å²) in [7, 11) is 0. The van der Waals surface area contributed by atoms with Crippen molar-refractivity contribution < 1.29 is 13.2 Å². The molecule has 0 aliphatic carbocycles. The first-order chi connectivity index (χ1) is 5.65. The first-order valence-corrected chi connectivity index (χ1v) is 3.81. The fourth-order valence-corrected chi connectivity index (χ4v) is 1.13. The minimum Gasteiger partial charge on any atom is -0.207 e. The van der Waals surface area contributed by atoms with E-state index < -0.39 is 12.2 Å². The van der Waals surface area contributed by atoms with E-state index >= 15 is 0 Å². The summed E-state index contributed by atoms with van der Waals surface area (Å²) < 4.78 is 36.8. The standard InChI is InChI=1S/C8H6ClF3/c9-4-5-1-2-6(10)3-7(5)8(11)12/h1-3,8H,4H2. The summed E-state index contributed by atoms with van der Waals surface area (Å²) in [6, 6.07) is 3.19. The molecule has 0 N–H and O–H groups in total. The predicted molar refractivity (Wildman–Crippen MR) is 40.9 cm³/mol. The van der Waals surface area contributed by atoms with E-state index in [0.717, 1.165) is 12.1 Å². The molecular formula is C8H6ClF3. The van der Waals surface area contributed by atoms with Crippen molar-refractivity contribution in [1.82, 2.24) is 0 Å². The average Bonchev–Trinajstić information content (AvgIpc) is 2.04. The Morgan fingerprint density at radius 3 is 2.50 bits per heavy atom. The van der Waals surface area contributed by atoms with Crippen LogP contribution in [0.4, 0.5) is 13.2 Å². The van der Waals surface area contributed by atoms with Gasteiger partial charge in [-0.1, -0.05) is 6.07 Å². The van der Waals surface area contributed by atoms with Crippen LogP contribution in [0.25, 0.3) is 0 Å². The monoisotopic (exact) mass is 194 g/mol. The van der Waals surface area contributed by atoms with Crippen molar-refractivity contribution in [1.29, 1.82) is 0 Å². The molecule has 0 heterocycles. The van der Waals surface area contributed by atoms with E-state index in [4.69, 9.17) is 11.6 Å². The van der Waals surface area contributed by atoms with Gasteiger partial charge in [-0.3, -0.25) is 0 Å². The lowest BCUT2D eigenvalue weighted by Crippen LogP contribution is -1.92. The van der Waals surface area contributed by atoms with Gasteiger partial charge in [0.1, 0.15) is 5.82 Å². The topological polar surface area (TPSA) is 0 Å². The molecule has 0 aliphatic heterocycles. The van der Waals surface area contributed by atoms with Gasteiger partial charge in [-0.05, 0) is 17.7 Å². The summed E-state index contributed by atoms with van der Waals surface area (Å²) in [6.45, 7) is 0. The Balaban J connectivity index is 3.12. The summed E-state index contributed by atoms with van der Waals surface area (Å²) >= 11 is 5.37. The smallest absolute Gasteiger partial charge is 0.207 e. The highest BCUT2D eigenvalue weighted by molar-refractivity contribution is 6.17. The van der Waals surface area contributed by atoms with E-state index in [-0.39, 0.29) is 17.0 Å². The van der Waals surface area contributed by atoms with Gasteiger partial charge in [0.25, 0.3) is 6.43 Å². The Hall–Kier alpha value is -0.700. The Morgan fingerprint density at radius 2 is 2.00 bits per heavy atom. The van der Waals surface area contributed by atoms with Gasteiger partial charge in [0, 0.05) is 11.4 Å². The minimum atomic E-state index is -2.67. The molecule has 0 amide bonds. The van der Waals surface area contributed by atoms with E-state index in [1.54, 1.807) is 0 Å². The van der Waals surface area contributed by atoms with Crippen LogP contribution in [0.5, 0.6) is 0 Å². The van der Waals surface area contributed by atoms with Crippen LogP contribution in [0.3, 0.4) is 0 Å². The average molecular weight is 195 g/mol. The normalized spacial score (nSPS) is 10.8. The second kappa shape index (κ2) is 3.81. The quantitative estimate of drug-likeness (QED) is 0.632. The van der Waals surface area contributed by atoms with Gasteiger partial charge in [0.2, 0.25) is 0 Å². The highest BCUT2D eigenvalue weighted by Crippen LogP contribution is 2.24. The largest absolute Gasteiger partial charge is 0.264 e. The highest BCUT2D eigenvalue weighted by atomic mass is 35.5. The molecule has 0 nitrogen and oxygen atoms in total. The number of halogens is 4. The number of benzene rings is 1. The number of hydrogen-bond donors (Lipinski definition) is 0. The lowest BCUT2D eigenvalue weighted by atomic mass is 10.1. The third-order valence-electron chi connectivity index (χ3n) is 1.49. The van der Waals surface area contributed by atoms with Crippen molar-refractivity contribution in [3.63, 3.8) is 0 Å². The van der Waals surface area contributed by atoms with Gasteiger partial charge in [0.05, 0.1) is 0 Å². The molecule has 1 aromatic rings. The molecule has 0 fully saturated rings. The number of rotatable bonds is 2. The fraction of sp³-hybridized carbons (Fsp3) is 0.250. The van der Waals surface area contributed by atoms with Crippen molar-refractivity contribution in [3.8, 4) is 0 Å². The van der Waals surface area contributed by atoms with Crippen LogP contribution in [0, 0.1) is 5.82 Å². The maximum Gasteiger partial charge on any atom is 0.264 e. The molecule has 0 aliphatic rings. The fourth-order valence-electron chi connectivity index (χ4n) is 0.891. The molecule has 0 unspecified atom stereocenters. The third kappa shape index (κ3) is 1.91. The highest BCUT2D eigenvalue weighted by Gasteiger charge is 2.12. The van der Waals surface area contributed by atoms with E-state index in [9.17, 15) is 13.2 Å². The summed E-state index contributed by atoms with van der Waals surface area (Å²) in [4.78, 5) is 0. The van der Waals surface area contributed by atoms with Gasteiger partial charge in [-0.15, -0.1) is 11.6 Å². The molecule has 1 rings (SSSR count). The van der Waals surface area contributed by atoms with E-state index in [1.165, 1.54) is 6.07 Å². The molecule has 4 heteroatoms. The molecule has 0 bridgehead atoms. The lowest BCUT2D eigenvalue weighted by Gasteiger charge is -2.04. The van der Waals surface area contributed by atoms with Gasteiger partial charge < -0.3 is 0 Å². The first kappa shape index (κ1) is 9.39. The predicted octanol–water partition coefficient (Wildman–Crippen LogP) is 3.50. The van der Waals surface area contributed by atoms with Crippen LogP contribution >= 0.6 is 11.6 Å². The summed E-state index contributed by atoms with van der Waals surface area (Å²) in [5.74, 6) is -0.695. The lowest BCUT2D eigenvalue weighted by molar-refractivity contribution is 0.150. The Morgan fingerprint density at radius 1 is 1.33 bits per heavy atom. The van der Waals surface area contributed by atoms with Crippen LogP contribution in [0.2, 0.25) is 0 Å². The van der Waals surface area contributed by atoms with E-state index in [0.29, 0.717) is 0 Å². The third-order valence-corrected chi connectivity index (χ3v) is 1.77. The van der Waals surface area contributed by atoms with E-state index in [1.807, 2.05) is 0 Å². The number of alkyl halides is 3. The second-order valence-electron chi connectivity index (χ2n) is 2.28. The molecule has 0 aromatic heterocycles.